The summed E-state index contributed by atoms with van der Waals surface area (Å²) in [6.45, 7) is 1.87. The number of anilines is 2. The minimum absolute atomic E-state index is 0.130. The van der Waals surface area contributed by atoms with E-state index in [1.807, 2.05) is 42.6 Å². The van der Waals surface area contributed by atoms with Crippen LogP contribution in [-0.2, 0) is 16.0 Å². The van der Waals surface area contributed by atoms with Crippen molar-refractivity contribution in [1.29, 1.82) is 0 Å². The Morgan fingerprint density at radius 3 is 2.50 bits per heavy atom. The van der Waals surface area contributed by atoms with E-state index in [0.717, 1.165) is 11.3 Å². The van der Waals surface area contributed by atoms with E-state index in [1.165, 1.54) is 28.7 Å². The number of amides is 2. The lowest BCUT2D eigenvalue weighted by Crippen LogP contribution is -2.14. The predicted molar refractivity (Wildman–Crippen MR) is 105 cm³/mol. The third-order valence-electron chi connectivity index (χ3n) is 3.22. The minimum Gasteiger partial charge on any atom is -0.302 e. The van der Waals surface area contributed by atoms with E-state index in [2.05, 4.69) is 20.6 Å². The van der Waals surface area contributed by atoms with E-state index in [9.17, 15) is 9.59 Å². The van der Waals surface area contributed by atoms with Crippen LogP contribution >= 0.6 is 22.7 Å². The summed E-state index contributed by atoms with van der Waals surface area (Å²) in [5.74, 6) is -0.455. The first kappa shape index (κ1) is 18.0. The Bertz CT molecular complexity index is 932. The number of carbonyl (C=O) groups excluding carboxylic acids is 2. The Morgan fingerprint density at radius 2 is 1.77 bits per heavy atom. The van der Waals surface area contributed by atoms with Gasteiger partial charge in [-0.25, -0.2) is 9.97 Å². The predicted octanol–water partition coefficient (Wildman–Crippen LogP) is 3.74. The summed E-state index contributed by atoms with van der Waals surface area (Å²) in [7, 11) is 0. The molecule has 0 fully saturated rings. The molecule has 0 unspecified atom stereocenters. The van der Waals surface area contributed by atoms with Gasteiger partial charge >= 0.3 is 0 Å². The van der Waals surface area contributed by atoms with Crippen LogP contribution in [0.4, 0.5) is 10.3 Å². The maximum Gasteiger partial charge on any atom is 0.250 e. The number of nitrogens with zero attached hydrogens (tertiary/aromatic N) is 2. The van der Waals surface area contributed by atoms with E-state index in [-0.39, 0.29) is 18.2 Å². The van der Waals surface area contributed by atoms with Crippen molar-refractivity contribution >= 4 is 50.8 Å². The lowest BCUT2D eigenvalue weighted by molar-refractivity contribution is -0.115. The number of aryl methyl sites for hydroxylation is 1. The highest BCUT2D eigenvalue weighted by Gasteiger charge is 2.10. The second-order valence-corrected chi connectivity index (χ2v) is 7.11. The summed E-state index contributed by atoms with van der Waals surface area (Å²) < 4.78 is 0. The highest BCUT2D eigenvalue weighted by atomic mass is 32.1. The quantitative estimate of drug-likeness (QED) is 0.634. The molecule has 0 saturated carbocycles. The summed E-state index contributed by atoms with van der Waals surface area (Å²) in [4.78, 5) is 32.4. The standard InChI is InChI=1S/C18H16N4O2S2/c1-12-10-25-17(19-12)22-16(24)9-14-11-26-18(20-14)21-15(23)8-7-13-5-3-2-4-6-13/h2-8,10-11H,9H2,1H3,(H,19,22,24)(H,20,21,23)/b8-7+. The van der Waals surface area contributed by atoms with Crippen molar-refractivity contribution in [3.05, 3.63) is 64.1 Å². The summed E-state index contributed by atoms with van der Waals surface area (Å²) in [6.07, 6.45) is 3.31. The van der Waals surface area contributed by atoms with Crippen LogP contribution in [0.3, 0.4) is 0 Å². The fourth-order valence-corrected chi connectivity index (χ4v) is 3.49. The van der Waals surface area contributed by atoms with Crippen LogP contribution < -0.4 is 10.6 Å². The maximum atomic E-state index is 12.0. The topological polar surface area (TPSA) is 84.0 Å². The van der Waals surface area contributed by atoms with E-state index in [1.54, 1.807) is 11.5 Å². The largest absolute Gasteiger partial charge is 0.302 e. The van der Waals surface area contributed by atoms with Gasteiger partial charge < -0.3 is 5.32 Å². The molecule has 132 valence electrons. The van der Waals surface area contributed by atoms with Gasteiger partial charge in [0.2, 0.25) is 11.8 Å². The maximum absolute atomic E-state index is 12.0. The zero-order valence-corrected chi connectivity index (χ0v) is 15.6. The highest BCUT2D eigenvalue weighted by Crippen LogP contribution is 2.18. The Balaban J connectivity index is 1.51. The lowest BCUT2D eigenvalue weighted by Gasteiger charge is -1.99. The summed E-state index contributed by atoms with van der Waals surface area (Å²) in [5.41, 5.74) is 2.41. The normalized spacial score (nSPS) is 10.8. The van der Waals surface area contributed by atoms with Gasteiger partial charge in [0.05, 0.1) is 17.8 Å². The second-order valence-electron chi connectivity index (χ2n) is 5.40. The van der Waals surface area contributed by atoms with Crippen LogP contribution in [0.15, 0.2) is 47.2 Å². The SMILES string of the molecule is Cc1csc(NC(=O)Cc2csc(NC(=O)/C=C/c3ccccc3)n2)n1. The van der Waals surface area contributed by atoms with Gasteiger partial charge in [0, 0.05) is 16.8 Å². The van der Waals surface area contributed by atoms with E-state index >= 15 is 0 Å². The van der Waals surface area contributed by atoms with Crippen molar-refractivity contribution in [3.8, 4) is 0 Å². The Labute approximate surface area is 158 Å². The Hall–Kier alpha value is -2.84. The lowest BCUT2D eigenvalue weighted by atomic mass is 10.2. The summed E-state index contributed by atoms with van der Waals surface area (Å²) in [5, 5.41) is 10.1. The van der Waals surface area contributed by atoms with Crippen LogP contribution in [0.2, 0.25) is 0 Å². The first-order valence-corrected chi connectivity index (χ1v) is 9.55. The molecule has 0 aliphatic rings. The third kappa shape index (κ3) is 5.33. The molecule has 0 aliphatic carbocycles. The molecule has 3 rings (SSSR count). The minimum atomic E-state index is -0.266. The molecule has 6 nitrogen and oxygen atoms in total. The average Bonchev–Trinajstić information content (AvgIpc) is 3.22. The zero-order valence-electron chi connectivity index (χ0n) is 13.9. The van der Waals surface area contributed by atoms with Gasteiger partial charge in [-0.3, -0.25) is 14.9 Å². The monoisotopic (exact) mass is 384 g/mol. The van der Waals surface area contributed by atoms with E-state index < -0.39 is 0 Å². The molecule has 1 aromatic carbocycles. The van der Waals surface area contributed by atoms with Crippen LogP contribution in [0.25, 0.3) is 6.08 Å². The molecule has 2 amide bonds. The fourth-order valence-electron chi connectivity index (χ4n) is 2.07. The van der Waals surface area contributed by atoms with Gasteiger partial charge in [0.15, 0.2) is 10.3 Å². The van der Waals surface area contributed by atoms with Crippen LogP contribution in [0.1, 0.15) is 17.0 Å². The van der Waals surface area contributed by atoms with Gasteiger partial charge in [-0.1, -0.05) is 30.3 Å². The van der Waals surface area contributed by atoms with Crippen LogP contribution in [0, 0.1) is 6.92 Å². The first-order chi connectivity index (χ1) is 12.6. The summed E-state index contributed by atoms with van der Waals surface area (Å²) in [6, 6.07) is 9.55. The molecule has 0 aliphatic heterocycles. The molecule has 0 atom stereocenters. The smallest absolute Gasteiger partial charge is 0.250 e. The number of hydrogen-bond acceptors (Lipinski definition) is 6. The van der Waals surface area contributed by atoms with Gasteiger partial charge in [-0.15, -0.1) is 22.7 Å². The molecule has 0 saturated heterocycles. The van der Waals surface area contributed by atoms with Crippen LogP contribution in [-0.4, -0.2) is 21.8 Å². The summed E-state index contributed by atoms with van der Waals surface area (Å²) >= 11 is 2.66. The van der Waals surface area contributed by atoms with Crippen molar-refractivity contribution in [2.75, 3.05) is 10.6 Å². The van der Waals surface area contributed by atoms with Gasteiger partial charge in [0.1, 0.15) is 0 Å². The van der Waals surface area contributed by atoms with Crippen molar-refractivity contribution in [2.45, 2.75) is 13.3 Å². The van der Waals surface area contributed by atoms with Crippen molar-refractivity contribution < 1.29 is 9.59 Å². The number of thiazole rings is 2. The number of nitrogens with one attached hydrogen (secondary N) is 2. The average molecular weight is 384 g/mol. The molecule has 0 radical (unpaired) electrons. The Kier molecular flexibility index (Phi) is 5.88. The third-order valence-corrected chi connectivity index (χ3v) is 4.90. The second kappa shape index (κ2) is 8.50. The van der Waals surface area contributed by atoms with Gasteiger partial charge in [-0.05, 0) is 18.6 Å². The molecule has 2 N–H and O–H groups in total. The van der Waals surface area contributed by atoms with Crippen LogP contribution in [0.5, 0.6) is 0 Å². The number of carbonyl (C=O) groups is 2. The number of hydrogen-bond donors (Lipinski definition) is 2. The molecule has 3 aromatic rings. The van der Waals surface area contributed by atoms with Crippen molar-refractivity contribution in [1.82, 2.24) is 9.97 Å². The molecular formula is C18H16N4O2S2. The Morgan fingerprint density at radius 1 is 1.04 bits per heavy atom. The molecule has 0 bridgehead atoms. The number of benzene rings is 1. The van der Waals surface area contributed by atoms with Gasteiger partial charge in [0.25, 0.3) is 0 Å². The molecule has 26 heavy (non-hydrogen) atoms. The molecule has 8 heteroatoms. The number of aromatic nitrogens is 2. The zero-order chi connectivity index (χ0) is 18.4. The highest BCUT2D eigenvalue weighted by molar-refractivity contribution is 7.14. The first-order valence-electron chi connectivity index (χ1n) is 7.79. The van der Waals surface area contributed by atoms with Gasteiger partial charge in [-0.2, -0.15) is 0 Å². The van der Waals surface area contributed by atoms with Crippen molar-refractivity contribution in [3.63, 3.8) is 0 Å². The molecular weight excluding hydrogens is 368 g/mol. The number of rotatable bonds is 6. The van der Waals surface area contributed by atoms with Crippen molar-refractivity contribution in [2.24, 2.45) is 0 Å². The van der Waals surface area contributed by atoms with E-state index in [0.29, 0.717) is 16.0 Å². The fraction of sp³-hybridized carbons (Fsp3) is 0.111. The molecule has 0 spiro atoms. The molecule has 2 aromatic heterocycles. The van der Waals surface area contributed by atoms with E-state index in [4.69, 9.17) is 0 Å². The molecule has 2 heterocycles.